The number of aromatic nitrogens is 2. The third-order valence-corrected chi connectivity index (χ3v) is 6.58. The summed E-state index contributed by atoms with van der Waals surface area (Å²) in [6.45, 7) is 7.48. The maximum Gasteiger partial charge on any atom is 0.416 e. The van der Waals surface area contributed by atoms with Crippen molar-refractivity contribution in [1.82, 2.24) is 19.8 Å². The Balaban J connectivity index is 1.36. The Hall–Kier alpha value is -3.44. The molecule has 2 saturated heterocycles. The standard InChI is InChI=1S/C24H32N6O5/c1-16(19-6-4-18(5-7-19)14-28-10-12-29(13-11-28)23(31)32)26-22-25-9-8-21(27-22)30-20(17(2)34-3)15-35-24(30)33/h4-9,16-17,20H,10-15H2,1-3H3,(H,31,32)(H,25,26,27)/t16-,17-,20?/m0/s1. The van der Waals surface area contributed by atoms with Gasteiger partial charge in [-0.2, -0.15) is 4.98 Å². The number of carbonyl (C=O) groups excluding carboxylic acids is 1. The van der Waals surface area contributed by atoms with E-state index in [9.17, 15) is 9.59 Å². The molecule has 1 aromatic heterocycles. The van der Waals surface area contributed by atoms with Gasteiger partial charge in [0, 0.05) is 46.0 Å². The number of carboxylic acid groups (broad SMARTS) is 1. The molecule has 0 aliphatic carbocycles. The average Bonchev–Trinajstić information content (AvgIpc) is 3.25. The zero-order chi connectivity index (χ0) is 24.9. The lowest BCUT2D eigenvalue weighted by Crippen LogP contribution is -2.47. The van der Waals surface area contributed by atoms with Crippen molar-refractivity contribution in [2.75, 3.05) is 50.1 Å². The maximum atomic E-state index is 12.3. The summed E-state index contributed by atoms with van der Waals surface area (Å²) in [4.78, 5) is 37.5. The van der Waals surface area contributed by atoms with Crippen LogP contribution in [0.15, 0.2) is 36.5 Å². The lowest BCUT2D eigenvalue weighted by atomic mass is 10.1. The Kier molecular flexibility index (Phi) is 7.67. The molecule has 1 unspecified atom stereocenters. The van der Waals surface area contributed by atoms with Gasteiger partial charge in [0.1, 0.15) is 18.5 Å². The second-order valence-electron chi connectivity index (χ2n) is 8.85. The number of methoxy groups -OCH3 is 1. The minimum atomic E-state index is -0.852. The van der Waals surface area contributed by atoms with Crippen LogP contribution in [0.25, 0.3) is 0 Å². The van der Waals surface area contributed by atoms with Gasteiger partial charge in [-0.25, -0.2) is 14.6 Å². The summed E-state index contributed by atoms with van der Waals surface area (Å²) in [6, 6.07) is 9.68. The van der Waals surface area contributed by atoms with Crippen LogP contribution in [0.3, 0.4) is 0 Å². The molecule has 2 aliphatic heterocycles. The fourth-order valence-corrected chi connectivity index (χ4v) is 4.30. The molecular formula is C24H32N6O5. The first kappa shape index (κ1) is 24.7. The van der Waals surface area contributed by atoms with Crippen LogP contribution >= 0.6 is 0 Å². The zero-order valence-corrected chi connectivity index (χ0v) is 20.3. The number of anilines is 2. The van der Waals surface area contributed by atoms with Gasteiger partial charge in [0.15, 0.2) is 0 Å². The molecule has 0 bridgehead atoms. The van der Waals surface area contributed by atoms with E-state index in [4.69, 9.17) is 14.6 Å². The number of benzene rings is 1. The Labute approximate surface area is 204 Å². The number of cyclic esters (lactones) is 1. The number of hydrogen-bond donors (Lipinski definition) is 2. The van der Waals surface area contributed by atoms with Crippen molar-refractivity contribution in [3.63, 3.8) is 0 Å². The van der Waals surface area contributed by atoms with Crippen LogP contribution in [-0.4, -0.2) is 89.1 Å². The van der Waals surface area contributed by atoms with E-state index in [2.05, 4.69) is 44.5 Å². The van der Waals surface area contributed by atoms with E-state index in [0.29, 0.717) is 24.9 Å². The molecule has 2 aliphatic rings. The first-order valence-electron chi connectivity index (χ1n) is 11.7. The van der Waals surface area contributed by atoms with Gasteiger partial charge in [0.25, 0.3) is 0 Å². The van der Waals surface area contributed by atoms with E-state index in [1.165, 1.54) is 15.4 Å². The van der Waals surface area contributed by atoms with Crippen LogP contribution in [0.4, 0.5) is 21.4 Å². The Morgan fingerprint density at radius 3 is 2.57 bits per heavy atom. The molecule has 2 fully saturated rings. The molecule has 0 radical (unpaired) electrons. The summed E-state index contributed by atoms with van der Waals surface area (Å²) >= 11 is 0. The summed E-state index contributed by atoms with van der Waals surface area (Å²) in [5, 5.41) is 12.4. The highest BCUT2D eigenvalue weighted by Gasteiger charge is 2.39. The average molecular weight is 485 g/mol. The number of amides is 2. The Morgan fingerprint density at radius 2 is 1.91 bits per heavy atom. The zero-order valence-electron chi connectivity index (χ0n) is 20.3. The van der Waals surface area contributed by atoms with Crippen molar-refractivity contribution in [2.24, 2.45) is 0 Å². The molecular weight excluding hydrogens is 452 g/mol. The number of hydrogen-bond acceptors (Lipinski definition) is 8. The molecule has 0 saturated carbocycles. The second-order valence-corrected chi connectivity index (χ2v) is 8.85. The Bertz CT molecular complexity index is 1030. The molecule has 2 N–H and O–H groups in total. The van der Waals surface area contributed by atoms with Crippen molar-refractivity contribution in [3.8, 4) is 0 Å². The maximum absolute atomic E-state index is 12.3. The molecule has 188 valence electrons. The topological polar surface area (TPSA) is 120 Å². The van der Waals surface area contributed by atoms with E-state index < -0.39 is 12.2 Å². The van der Waals surface area contributed by atoms with Crippen LogP contribution in [0.5, 0.6) is 0 Å². The summed E-state index contributed by atoms with van der Waals surface area (Å²) in [7, 11) is 1.60. The summed E-state index contributed by atoms with van der Waals surface area (Å²) < 4.78 is 10.6. The molecule has 2 amide bonds. The van der Waals surface area contributed by atoms with E-state index >= 15 is 0 Å². The van der Waals surface area contributed by atoms with Gasteiger partial charge >= 0.3 is 12.2 Å². The van der Waals surface area contributed by atoms with Gasteiger partial charge in [0.05, 0.1) is 12.1 Å². The quantitative estimate of drug-likeness (QED) is 0.583. The second kappa shape index (κ2) is 10.9. The largest absolute Gasteiger partial charge is 0.465 e. The van der Waals surface area contributed by atoms with Gasteiger partial charge in [-0.05, 0) is 31.0 Å². The molecule has 3 heterocycles. The molecule has 11 heteroatoms. The predicted molar refractivity (Wildman–Crippen MR) is 129 cm³/mol. The molecule has 4 rings (SSSR count). The monoisotopic (exact) mass is 484 g/mol. The van der Waals surface area contributed by atoms with E-state index in [0.717, 1.165) is 25.2 Å². The van der Waals surface area contributed by atoms with Crippen molar-refractivity contribution in [3.05, 3.63) is 47.7 Å². The first-order valence-corrected chi connectivity index (χ1v) is 11.7. The molecule has 11 nitrogen and oxygen atoms in total. The van der Waals surface area contributed by atoms with Gasteiger partial charge in [-0.1, -0.05) is 24.3 Å². The summed E-state index contributed by atoms with van der Waals surface area (Å²) in [5.74, 6) is 0.878. The third kappa shape index (κ3) is 5.80. The Morgan fingerprint density at radius 1 is 1.20 bits per heavy atom. The fraction of sp³-hybridized carbons (Fsp3) is 0.500. The van der Waals surface area contributed by atoms with Crippen LogP contribution in [0.2, 0.25) is 0 Å². The van der Waals surface area contributed by atoms with Crippen LogP contribution in [0.1, 0.15) is 31.0 Å². The molecule has 35 heavy (non-hydrogen) atoms. The van der Waals surface area contributed by atoms with Gasteiger partial charge in [-0.3, -0.25) is 9.80 Å². The number of ether oxygens (including phenoxy) is 2. The normalized spacial score (nSPS) is 20.4. The predicted octanol–water partition coefficient (Wildman–Crippen LogP) is 2.81. The van der Waals surface area contributed by atoms with Gasteiger partial charge in [0.2, 0.25) is 5.95 Å². The molecule has 0 spiro atoms. The molecule has 3 atom stereocenters. The van der Waals surface area contributed by atoms with Crippen LogP contribution in [0, 0.1) is 0 Å². The van der Waals surface area contributed by atoms with Crippen molar-refractivity contribution >= 4 is 24.0 Å². The minimum absolute atomic E-state index is 0.0577. The van der Waals surface area contributed by atoms with E-state index in [-0.39, 0.29) is 24.8 Å². The third-order valence-electron chi connectivity index (χ3n) is 6.58. The SMILES string of the molecule is CO[C@@H](C)C1COC(=O)N1c1ccnc(N[C@@H](C)c2ccc(CN3CCN(C(=O)O)CC3)cc2)n1. The number of piperazine rings is 1. The fourth-order valence-electron chi connectivity index (χ4n) is 4.30. The highest BCUT2D eigenvalue weighted by atomic mass is 16.6. The number of nitrogens with zero attached hydrogens (tertiary/aromatic N) is 5. The molecule has 2 aromatic rings. The van der Waals surface area contributed by atoms with Gasteiger partial charge < -0.3 is 24.8 Å². The minimum Gasteiger partial charge on any atom is -0.465 e. The number of nitrogens with one attached hydrogen (secondary N) is 1. The van der Waals surface area contributed by atoms with Crippen molar-refractivity contribution < 1.29 is 24.2 Å². The highest BCUT2D eigenvalue weighted by Crippen LogP contribution is 2.26. The summed E-state index contributed by atoms with van der Waals surface area (Å²) in [6.07, 6.45) is 0.114. The lowest BCUT2D eigenvalue weighted by Gasteiger charge is -2.33. The first-order chi connectivity index (χ1) is 16.9. The van der Waals surface area contributed by atoms with Crippen molar-refractivity contribution in [1.29, 1.82) is 0 Å². The molecule has 1 aromatic carbocycles. The number of rotatable bonds is 8. The van der Waals surface area contributed by atoms with Crippen molar-refractivity contribution in [2.45, 2.75) is 38.6 Å². The lowest BCUT2D eigenvalue weighted by molar-refractivity contribution is 0.0881. The van der Waals surface area contributed by atoms with Crippen LogP contribution < -0.4 is 10.2 Å². The van der Waals surface area contributed by atoms with E-state index in [1.807, 2.05) is 13.8 Å². The highest BCUT2D eigenvalue weighted by molar-refractivity contribution is 5.89. The number of carbonyl (C=O) groups is 2. The van der Waals surface area contributed by atoms with E-state index in [1.54, 1.807) is 19.4 Å². The van der Waals surface area contributed by atoms with Crippen LogP contribution in [-0.2, 0) is 16.0 Å². The van der Waals surface area contributed by atoms with Gasteiger partial charge in [-0.15, -0.1) is 0 Å². The summed E-state index contributed by atoms with van der Waals surface area (Å²) in [5.41, 5.74) is 2.25. The smallest absolute Gasteiger partial charge is 0.416 e.